The molecule has 2 rings (SSSR count). The fraction of sp³-hybridized carbons (Fsp3) is 0.300. The van der Waals surface area contributed by atoms with Gasteiger partial charge in [0.05, 0.1) is 5.52 Å². The van der Waals surface area contributed by atoms with Crippen molar-refractivity contribution < 1.29 is 0 Å². The summed E-state index contributed by atoms with van der Waals surface area (Å²) < 4.78 is 1.91. The van der Waals surface area contributed by atoms with E-state index in [2.05, 4.69) is 5.10 Å². The number of hydrogen-bond donors (Lipinski definition) is 1. The normalized spacial score (nSPS) is 11.0. The van der Waals surface area contributed by atoms with E-state index >= 15 is 0 Å². The molecule has 0 spiro atoms. The standard InChI is InChI=1S/C10H12ClN3/c11-9-3-2-8-7-14(5-1-4-12)13-10(8)6-9/h2-3,6-7H,1,4-5,12H2. The highest BCUT2D eigenvalue weighted by Crippen LogP contribution is 2.17. The van der Waals surface area contributed by atoms with Crippen LogP contribution in [0.15, 0.2) is 24.4 Å². The first-order valence-corrected chi connectivity index (χ1v) is 5.00. The zero-order valence-electron chi connectivity index (χ0n) is 7.78. The molecule has 0 aliphatic heterocycles. The van der Waals surface area contributed by atoms with E-state index in [1.807, 2.05) is 29.1 Å². The number of fused-ring (bicyclic) bond motifs is 1. The Bertz CT molecular complexity index is 436. The number of hydrogen-bond acceptors (Lipinski definition) is 2. The molecule has 1 aromatic heterocycles. The maximum Gasteiger partial charge on any atom is 0.0938 e. The molecule has 0 saturated heterocycles. The SMILES string of the molecule is NCCCn1cc2ccc(Cl)cc2n1. The van der Waals surface area contributed by atoms with Crippen molar-refractivity contribution in [3.63, 3.8) is 0 Å². The van der Waals surface area contributed by atoms with E-state index < -0.39 is 0 Å². The van der Waals surface area contributed by atoms with Gasteiger partial charge in [-0.3, -0.25) is 4.68 Å². The van der Waals surface area contributed by atoms with Crippen LogP contribution < -0.4 is 5.73 Å². The predicted molar refractivity (Wildman–Crippen MR) is 58.4 cm³/mol. The predicted octanol–water partition coefficient (Wildman–Crippen LogP) is 2.04. The fourth-order valence-corrected chi connectivity index (χ4v) is 1.57. The monoisotopic (exact) mass is 209 g/mol. The molecule has 0 fully saturated rings. The van der Waals surface area contributed by atoms with E-state index in [9.17, 15) is 0 Å². The van der Waals surface area contributed by atoms with Crippen LogP contribution in [0, 0.1) is 0 Å². The maximum atomic E-state index is 5.86. The Labute approximate surface area is 87.5 Å². The lowest BCUT2D eigenvalue weighted by Gasteiger charge is -1.96. The minimum Gasteiger partial charge on any atom is -0.330 e. The molecule has 14 heavy (non-hydrogen) atoms. The van der Waals surface area contributed by atoms with Gasteiger partial charge in [0, 0.05) is 23.2 Å². The van der Waals surface area contributed by atoms with Crippen LogP contribution in [-0.4, -0.2) is 16.3 Å². The van der Waals surface area contributed by atoms with Gasteiger partial charge >= 0.3 is 0 Å². The number of benzene rings is 1. The average molecular weight is 210 g/mol. The van der Waals surface area contributed by atoms with Crippen LogP contribution in [0.1, 0.15) is 6.42 Å². The summed E-state index contributed by atoms with van der Waals surface area (Å²) >= 11 is 5.86. The zero-order chi connectivity index (χ0) is 9.97. The van der Waals surface area contributed by atoms with Crippen LogP contribution in [0.5, 0.6) is 0 Å². The summed E-state index contributed by atoms with van der Waals surface area (Å²) in [6.07, 6.45) is 2.96. The Morgan fingerprint density at radius 2 is 2.29 bits per heavy atom. The Kier molecular flexibility index (Phi) is 2.70. The van der Waals surface area contributed by atoms with Gasteiger partial charge in [-0.15, -0.1) is 0 Å². The second kappa shape index (κ2) is 3.98. The lowest BCUT2D eigenvalue weighted by molar-refractivity contribution is 0.590. The van der Waals surface area contributed by atoms with Gasteiger partial charge < -0.3 is 5.73 Å². The fourth-order valence-electron chi connectivity index (χ4n) is 1.41. The summed E-state index contributed by atoms with van der Waals surface area (Å²) in [7, 11) is 0. The summed E-state index contributed by atoms with van der Waals surface area (Å²) in [5.41, 5.74) is 6.37. The molecule has 0 radical (unpaired) electrons. The minimum absolute atomic E-state index is 0.691. The second-order valence-electron chi connectivity index (χ2n) is 3.24. The highest BCUT2D eigenvalue weighted by atomic mass is 35.5. The number of nitrogens with two attached hydrogens (primary N) is 1. The molecule has 0 unspecified atom stereocenters. The van der Waals surface area contributed by atoms with E-state index in [1.165, 1.54) is 0 Å². The van der Waals surface area contributed by atoms with Crippen LogP contribution >= 0.6 is 11.6 Å². The van der Waals surface area contributed by atoms with Gasteiger partial charge in [-0.25, -0.2) is 0 Å². The largest absolute Gasteiger partial charge is 0.330 e. The van der Waals surface area contributed by atoms with Crippen LogP contribution in [0.2, 0.25) is 5.02 Å². The van der Waals surface area contributed by atoms with Gasteiger partial charge in [0.25, 0.3) is 0 Å². The van der Waals surface area contributed by atoms with Crippen molar-refractivity contribution in [2.75, 3.05) is 6.54 Å². The quantitative estimate of drug-likeness (QED) is 0.841. The number of nitrogens with zero attached hydrogens (tertiary/aromatic N) is 2. The van der Waals surface area contributed by atoms with Gasteiger partial charge in [0.1, 0.15) is 0 Å². The first-order chi connectivity index (χ1) is 6.79. The lowest BCUT2D eigenvalue weighted by atomic mass is 10.3. The number of halogens is 1. The molecule has 2 N–H and O–H groups in total. The molecule has 1 aromatic carbocycles. The van der Waals surface area contributed by atoms with Crippen molar-refractivity contribution in [1.29, 1.82) is 0 Å². The molecule has 0 saturated carbocycles. The minimum atomic E-state index is 0.691. The van der Waals surface area contributed by atoms with Crippen molar-refractivity contribution in [1.82, 2.24) is 9.78 Å². The maximum absolute atomic E-state index is 5.86. The summed E-state index contributed by atoms with van der Waals surface area (Å²) in [4.78, 5) is 0. The van der Waals surface area contributed by atoms with E-state index in [1.54, 1.807) is 0 Å². The topological polar surface area (TPSA) is 43.8 Å². The van der Waals surface area contributed by atoms with Crippen LogP contribution in [0.4, 0.5) is 0 Å². The molecule has 1 heterocycles. The highest BCUT2D eigenvalue weighted by molar-refractivity contribution is 6.31. The molecule has 0 bridgehead atoms. The summed E-state index contributed by atoms with van der Waals surface area (Å²) in [5, 5.41) is 6.23. The van der Waals surface area contributed by atoms with Crippen molar-refractivity contribution >= 4 is 22.5 Å². The summed E-state index contributed by atoms with van der Waals surface area (Å²) in [6, 6.07) is 5.72. The molecule has 4 heteroatoms. The van der Waals surface area contributed by atoms with Gasteiger partial charge in [-0.2, -0.15) is 5.10 Å². The van der Waals surface area contributed by atoms with Crippen LogP contribution in [-0.2, 0) is 6.54 Å². The highest BCUT2D eigenvalue weighted by Gasteiger charge is 2.00. The third kappa shape index (κ3) is 1.89. The van der Waals surface area contributed by atoms with E-state index in [-0.39, 0.29) is 0 Å². The Hall–Kier alpha value is -1.06. The zero-order valence-corrected chi connectivity index (χ0v) is 8.54. The molecule has 74 valence electrons. The molecule has 0 amide bonds. The second-order valence-corrected chi connectivity index (χ2v) is 3.67. The number of aryl methyl sites for hydroxylation is 1. The summed E-state index contributed by atoms with van der Waals surface area (Å²) in [6.45, 7) is 1.56. The third-order valence-electron chi connectivity index (χ3n) is 2.11. The molecule has 3 nitrogen and oxygen atoms in total. The van der Waals surface area contributed by atoms with E-state index in [0.29, 0.717) is 6.54 Å². The van der Waals surface area contributed by atoms with Crippen molar-refractivity contribution in [3.05, 3.63) is 29.4 Å². The van der Waals surface area contributed by atoms with Gasteiger partial charge in [-0.05, 0) is 31.2 Å². The van der Waals surface area contributed by atoms with Crippen LogP contribution in [0.3, 0.4) is 0 Å². The smallest absolute Gasteiger partial charge is 0.0938 e. The number of aromatic nitrogens is 2. The number of rotatable bonds is 3. The van der Waals surface area contributed by atoms with E-state index in [4.69, 9.17) is 17.3 Å². The van der Waals surface area contributed by atoms with Gasteiger partial charge in [0.2, 0.25) is 0 Å². The molecule has 2 aromatic rings. The first kappa shape index (κ1) is 9.49. The van der Waals surface area contributed by atoms with Gasteiger partial charge in [0.15, 0.2) is 0 Å². The molecular formula is C10H12ClN3. The summed E-state index contributed by atoms with van der Waals surface area (Å²) in [5.74, 6) is 0. The van der Waals surface area contributed by atoms with E-state index in [0.717, 1.165) is 28.9 Å². The van der Waals surface area contributed by atoms with Crippen molar-refractivity contribution in [2.45, 2.75) is 13.0 Å². The van der Waals surface area contributed by atoms with Gasteiger partial charge in [-0.1, -0.05) is 11.6 Å². The third-order valence-corrected chi connectivity index (χ3v) is 2.34. The first-order valence-electron chi connectivity index (χ1n) is 4.62. The molecule has 0 aliphatic carbocycles. The molecule has 0 atom stereocenters. The Morgan fingerprint density at radius 1 is 1.43 bits per heavy atom. The van der Waals surface area contributed by atoms with Crippen LogP contribution in [0.25, 0.3) is 10.9 Å². The Morgan fingerprint density at radius 3 is 3.07 bits per heavy atom. The average Bonchev–Trinajstić information content (AvgIpc) is 2.56. The van der Waals surface area contributed by atoms with Crippen molar-refractivity contribution in [2.24, 2.45) is 5.73 Å². The molecular weight excluding hydrogens is 198 g/mol. The molecule has 0 aliphatic rings. The Balaban J connectivity index is 2.32. The lowest BCUT2D eigenvalue weighted by Crippen LogP contribution is -2.05. The van der Waals surface area contributed by atoms with Crippen molar-refractivity contribution in [3.8, 4) is 0 Å².